The standard InChI is InChI=1S/C15H22BrNO2/c1-2-18-9-10-19-15(11-17-14-7-8-14)12-3-5-13(16)6-4-12/h3-6,14-15,17H,2,7-11H2,1H3. The summed E-state index contributed by atoms with van der Waals surface area (Å²) < 4.78 is 12.4. The summed E-state index contributed by atoms with van der Waals surface area (Å²) in [5, 5.41) is 3.53. The van der Waals surface area contributed by atoms with Crippen LogP contribution in [0.1, 0.15) is 31.4 Å². The topological polar surface area (TPSA) is 30.5 Å². The zero-order chi connectivity index (χ0) is 13.5. The molecule has 106 valence electrons. The molecular weight excluding hydrogens is 306 g/mol. The van der Waals surface area contributed by atoms with Crippen LogP contribution in [0.3, 0.4) is 0 Å². The summed E-state index contributed by atoms with van der Waals surface area (Å²) in [4.78, 5) is 0. The van der Waals surface area contributed by atoms with E-state index in [1.165, 1.54) is 18.4 Å². The van der Waals surface area contributed by atoms with Gasteiger partial charge in [0.15, 0.2) is 0 Å². The van der Waals surface area contributed by atoms with Gasteiger partial charge in [0.05, 0.1) is 19.3 Å². The molecule has 19 heavy (non-hydrogen) atoms. The predicted octanol–water partition coefficient (Wildman–Crippen LogP) is 3.30. The Hall–Kier alpha value is -0.420. The fourth-order valence-corrected chi connectivity index (χ4v) is 2.17. The van der Waals surface area contributed by atoms with Crippen LogP contribution in [-0.4, -0.2) is 32.4 Å². The average Bonchev–Trinajstić information content (AvgIpc) is 3.23. The summed E-state index contributed by atoms with van der Waals surface area (Å²) in [6.45, 7) is 4.92. The summed E-state index contributed by atoms with van der Waals surface area (Å²) in [6.07, 6.45) is 2.70. The molecule has 1 fully saturated rings. The number of hydrogen-bond donors (Lipinski definition) is 1. The Kier molecular flexibility index (Phi) is 6.31. The molecule has 1 saturated carbocycles. The van der Waals surface area contributed by atoms with E-state index in [9.17, 15) is 0 Å². The predicted molar refractivity (Wildman–Crippen MR) is 80.4 cm³/mol. The van der Waals surface area contributed by atoms with Gasteiger partial charge in [-0.2, -0.15) is 0 Å². The van der Waals surface area contributed by atoms with E-state index in [1.54, 1.807) is 0 Å². The van der Waals surface area contributed by atoms with E-state index in [2.05, 4.69) is 45.5 Å². The Morgan fingerprint density at radius 3 is 2.63 bits per heavy atom. The van der Waals surface area contributed by atoms with Crippen molar-refractivity contribution in [2.24, 2.45) is 0 Å². The van der Waals surface area contributed by atoms with E-state index in [0.717, 1.165) is 17.6 Å². The SMILES string of the molecule is CCOCCOC(CNC1CC1)c1ccc(Br)cc1. The highest BCUT2D eigenvalue weighted by Crippen LogP contribution is 2.23. The highest BCUT2D eigenvalue weighted by atomic mass is 79.9. The lowest BCUT2D eigenvalue weighted by molar-refractivity contribution is 0.00672. The van der Waals surface area contributed by atoms with Gasteiger partial charge in [-0.3, -0.25) is 0 Å². The van der Waals surface area contributed by atoms with Crippen molar-refractivity contribution < 1.29 is 9.47 Å². The van der Waals surface area contributed by atoms with Crippen LogP contribution in [0.4, 0.5) is 0 Å². The van der Waals surface area contributed by atoms with E-state index >= 15 is 0 Å². The van der Waals surface area contributed by atoms with Crippen LogP contribution in [0.25, 0.3) is 0 Å². The highest BCUT2D eigenvalue weighted by Gasteiger charge is 2.22. The molecule has 0 heterocycles. The Balaban J connectivity index is 1.85. The molecule has 0 bridgehead atoms. The molecule has 1 atom stereocenters. The first kappa shape index (κ1) is 15.0. The third-order valence-corrected chi connectivity index (χ3v) is 3.69. The van der Waals surface area contributed by atoms with Crippen molar-refractivity contribution in [3.05, 3.63) is 34.3 Å². The molecule has 1 unspecified atom stereocenters. The van der Waals surface area contributed by atoms with E-state index in [-0.39, 0.29) is 6.10 Å². The zero-order valence-corrected chi connectivity index (χ0v) is 13.0. The maximum atomic E-state index is 5.95. The monoisotopic (exact) mass is 327 g/mol. The van der Waals surface area contributed by atoms with E-state index in [4.69, 9.17) is 9.47 Å². The van der Waals surface area contributed by atoms with Crippen molar-refractivity contribution in [3.63, 3.8) is 0 Å². The summed E-state index contributed by atoms with van der Waals surface area (Å²) in [5.74, 6) is 0. The lowest BCUT2D eigenvalue weighted by Crippen LogP contribution is -2.26. The first-order valence-electron chi connectivity index (χ1n) is 6.97. The minimum Gasteiger partial charge on any atom is -0.379 e. The molecule has 1 aromatic carbocycles. The molecular formula is C15H22BrNO2. The zero-order valence-electron chi connectivity index (χ0n) is 11.4. The molecule has 0 amide bonds. The fourth-order valence-electron chi connectivity index (χ4n) is 1.91. The minimum absolute atomic E-state index is 0.106. The molecule has 1 aliphatic rings. The Morgan fingerprint density at radius 1 is 1.26 bits per heavy atom. The molecule has 4 heteroatoms. The maximum Gasteiger partial charge on any atom is 0.0950 e. The van der Waals surface area contributed by atoms with Crippen LogP contribution in [0.2, 0.25) is 0 Å². The quantitative estimate of drug-likeness (QED) is 0.706. The van der Waals surface area contributed by atoms with Crippen LogP contribution in [0.5, 0.6) is 0 Å². The first-order valence-corrected chi connectivity index (χ1v) is 7.77. The first-order chi connectivity index (χ1) is 9.29. The van der Waals surface area contributed by atoms with Crippen molar-refractivity contribution in [1.29, 1.82) is 0 Å². The number of benzene rings is 1. The molecule has 1 aliphatic carbocycles. The molecule has 0 aromatic heterocycles. The van der Waals surface area contributed by atoms with Crippen molar-refractivity contribution in [1.82, 2.24) is 5.32 Å². The lowest BCUT2D eigenvalue weighted by Gasteiger charge is -2.19. The van der Waals surface area contributed by atoms with Crippen LogP contribution in [-0.2, 0) is 9.47 Å². The lowest BCUT2D eigenvalue weighted by atomic mass is 10.1. The highest BCUT2D eigenvalue weighted by molar-refractivity contribution is 9.10. The van der Waals surface area contributed by atoms with E-state index in [1.807, 2.05) is 6.92 Å². The van der Waals surface area contributed by atoms with Crippen molar-refractivity contribution in [3.8, 4) is 0 Å². The van der Waals surface area contributed by atoms with Crippen LogP contribution in [0, 0.1) is 0 Å². The summed E-state index contributed by atoms with van der Waals surface area (Å²) in [7, 11) is 0. The summed E-state index contributed by atoms with van der Waals surface area (Å²) in [5.41, 5.74) is 1.22. The third-order valence-electron chi connectivity index (χ3n) is 3.16. The normalized spacial score (nSPS) is 16.5. The second kappa shape index (κ2) is 8.00. The van der Waals surface area contributed by atoms with E-state index < -0.39 is 0 Å². The average molecular weight is 328 g/mol. The van der Waals surface area contributed by atoms with Gasteiger partial charge < -0.3 is 14.8 Å². The molecule has 0 spiro atoms. The number of nitrogens with one attached hydrogen (secondary N) is 1. The van der Waals surface area contributed by atoms with Gasteiger partial charge in [-0.05, 0) is 37.5 Å². The maximum absolute atomic E-state index is 5.95. The van der Waals surface area contributed by atoms with Gasteiger partial charge in [0.1, 0.15) is 0 Å². The van der Waals surface area contributed by atoms with Gasteiger partial charge in [0.2, 0.25) is 0 Å². The van der Waals surface area contributed by atoms with Crippen molar-refractivity contribution in [2.75, 3.05) is 26.4 Å². The largest absolute Gasteiger partial charge is 0.379 e. The van der Waals surface area contributed by atoms with Gasteiger partial charge in [-0.1, -0.05) is 28.1 Å². The fraction of sp³-hybridized carbons (Fsp3) is 0.600. The minimum atomic E-state index is 0.106. The van der Waals surface area contributed by atoms with Gasteiger partial charge >= 0.3 is 0 Å². The van der Waals surface area contributed by atoms with Crippen molar-refractivity contribution in [2.45, 2.75) is 31.9 Å². The second-order valence-corrected chi connectivity index (χ2v) is 5.71. The van der Waals surface area contributed by atoms with Gasteiger partial charge in [-0.25, -0.2) is 0 Å². The molecule has 1 aromatic rings. The molecule has 3 nitrogen and oxygen atoms in total. The molecule has 0 aliphatic heterocycles. The number of ether oxygens (including phenoxy) is 2. The number of hydrogen-bond acceptors (Lipinski definition) is 3. The Labute approximate surface area is 123 Å². The van der Waals surface area contributed by atoms with Gasteiger partial charge in [-0.15, -0.1) is 0 Å². The number of rotatable bonds is 9. The smallest absolute Gasteiger partial charge is 0.0950 e. The van der Waals surface area contributed by atoms with E-state index in [0.29, 0.717) is 19.3 Å². The third kappa shape index (κ3) is 5.61. The van der Waals surface area contributed by atoms with Gasteiger partial charge in [0.25, 0.3) is 0 Å². The van der Waals surface area contributed by atoms with Crippen LogP contribution in [0.15, 0.2) is 28.7 Å². The molecule has 0 radical (unpaired) electrons. The van der Waals surface area contributed by atoms with Gasteiger partial charge in [0, 0.05) is 23.7 Å². The molecule has 0 saturated heterocycles. The Bertz CT molecular complexity index is 365. The molecule has 1 N–H and O–H groups in total. The second-order valence-electron chi connectivity index (χ2n) is 4.79. The summed E-state index contributed by atoms with van der Waals surface area (Å²) in [6, 6.07) is 9.05. The van der Waals surface area contributed by atoms with Crippen molar-refractivity contribution >= 4 is 15.9 Å². The number of halogens is 1. The Morgan fingerprint density at radius 2 is 2.00 bits per heavy atom. The van der Waals surface area contributed by atoms with Crippen LogP contribution < -0.4 is 5.32 Å². The molecule has 2 rings (SSSR count). The summed E-state index contributed by atoms with van der Waals surface area (Å²) >= 11 is 3.46. The van der Waals surface area contributed by atoms with Crippen LogP contribution >= 0.6 is 15.9 Å².